The fourth-order valence-corrected chi connectivity index (χ4v) is 4.00. The maximum absolute atomic E-state index is 13.4. The molecule has 1 fully saturated rings. The Balaban J connectivity index is 1.81. The van der Waals surface area contributed by atoms with E-state index in [-0.39, 0.29) is 37.7 Å². The van der Waals surface area contributed by atoms with Gasteiger partial charge in [-0.25, -0.2) is 0 Å². The van der Waals surface area contributed by atoms with Crippen LogP contribution in [0.1, 0.15) is 18.4 Å². The summed E-state index contributed by atoms with van der Waals surface area (Å²) in [5.41, 5.74) is 1.49. The highest BCUT2D eigenvalue weighted by atomic mass is 16.5. The van der Waals surface area contributed by atoms with Gasteiger partial charge in [0.2, 0.25) is 17.6 Å². The molecule has 182 valence electrons. The molecule has 0 aromatic heterocycles. The predicted octanol–water partition coefficient (Wildman–Crippen LogP) is 2.66. The monoisotopic (exact) mass is 470 g/mol. The van der Waals surface area contributed by atoms with Crippen molar-refractivity contribution < 1.29 is 33.3 Å². The fourth-order valence-electron chi connectivity index (χ4n) is 4.00. The lowest BCUT2D eigenvalue weighted by Gasteiger charge is -2.26. The molecule has 2 aromatic rings. The molecular weight excluding hydrogens is 440 g/mol. The molecule has 2 amide bonds. The number of nitrogens with zero attached hydrogens (tertiary/aromatic N) is 2. The minimum atomic E-state index is -0.548. The molecule has 1 aliphatic rings. The van der Waals surface area contributed by atoms with Crippen molar-refractivity contribution in [3.8, 4) is 17.2 Å². The topological polar surface area (TPSA) is 94.6 Å². The van der Waals surface area contributed by atoms with Crippen LogP contribution in [-0.2, 0) is 25.7 Å². The molecule has 0 saturated carbocycles. The van der Waals surface area contributed by atoms with Gasteiger partial charge in [0.15, 0.2) is 11.5 Å². The summed E-state index contributed by atoms with van der Waals surface area (Å²) < 4.78 is 20.9. The summed E-state index contributed by atoms with van der Waals surface area (Å²) in [4.78, 5) is 41.2. The fraction of sp³-hybridized carbons (Fsp3) is 0.400. The first-order valence-electron chi connectivity index (χ1n) is 10.9. The number of carbonyl (C=O) groups is 3. The number of esters is 1. The second kappa shape index (κ2) is 11.4. The van der Waals surface area contributed by atoms with Gasteiger partial charge in [0.05, 0.1) is 46.5 Å². The van der Waals surface area contributed by atoms with Gasteiger partial charge in [0.25, 0.3) is 0 Å². The smallest absolute Gasteiger partial charge is 0.307 e. The van der Waals surface area contributed by atoms with Crippen molar-refractivity contribution >= 4 is 23.5 Å². The van der Waals surface area contributed by atoms with Crippen molar-refractivity contribution in [3.05, 3.63) is 48.0 Å². The first-order valence-corrected chi connectivity index (χ1v) is 10.9. The molecule has 9 nitrogen and oxygen atoms in total. The highest BCUT2D eigenvalue weighted by Gasteiger charge is 2.38. The minimum Gasteiger partial charge on any atom is -0.493 e. The average Bonchev–Trinajstić information content (AvgIpc) is 3.26. The van der Waals surface area contributed by atoms with Crippen LogP contribution in [0.15, 0.2) is 42.5 Å². The SMILES string of the molecule is COC(=O)CCN(Cc1ccccc1)C(=O)C1CC(=O)N(c2cc(OC)c(OC)c(OC)c2)C1. The molecule has 2 aromatic carbocycles. The Morgan fingerprint density at radius 2 is 1.65 bits per heavy atom. The number of ether oxygens (including phenoxy) is 4. The Labute approximate surface area is 199 Å². The van der Waals surface area contributed by atoms with E-state index >= 15 is 0 Å². The van der Waals surface area contributed by atoms with E-state index in [1.54, 1.807) is 21.9 Å². The molecule has 1 saturated heterocycles. The Morgan fingerprint density at radius 3 is 2.21 bits per heavy atom. The summed E-state index contributed by atoms with van der Waals surface area (Å²) >= 11 is 0. The van der Waals surface area contributed by atoms with Crippen molar-refractivity contribution in [2.24, 2.45) is 5.92 Å². The molecule has 3 rings (SSSR count). The summed E-state index contributed by atoms with van der Waals surface area (Å²) in [6.45, 7) is 0.751. The quantitative estimate of drug-likeness (QED) is 0.493. The molecule has 1 atom stereocenters. The molecule has 0 aliphatic carbocycles. The third-order valence-electron chi connectivity index (χ3n) is 5.78. The van der Waals surface area contributed by atoms with Gasteiger partial charge in [-0.1, -0.05) is 30.3 Å². The Kier molecular flexibility index (Phi) is 8.34. The lowest BCUT2D eigenvalue weighted by Crippen LogP contribution is -2.38. The average molecular weight is 471 g/mol. The van der Waals surface area contributed by atoms with E-state index in [4.69, 9.17) is 18.9 Å². The lowest BCUT2D eigenvalue weighted by molar-refractivity contribution is -0.142. The molecule has 0 N–H and O–H groups in total. The van der Waals surface area contributed by atoms with Crippen molar-refractivity contribution in [2.45, 2.75) is 19.4 Å². The van der Waals surface area contributed by atoms with Gasteiger partial charge < -0.3 is 28.7 Å². The molecule has 9 heteroatoms. The number of hydrogen-bond donors (Lipinski definition) is 0. The highest BCUT2D eigenvalue weighted by Crippen LogP contribution is 2.42. The third-order valence-corrected chi connectivity index (χ3v) is 5.78. The standard InChI is InChI=1S/C25H30N2O7/c1-31-20-13-19(14-21(32-2)24(20)34-4)27-16-18(12-22(27)28)25(30)26(11-10-23(29)33-3)15-17-8-6-5-7-9-17/h5-9,13-14,18H,10-12,15-16H2,1-4H3. The molecule has 0 radical (unpaired) electrons. The number of rotatable bonds is 10. The normalized spacial score (nSPS) is 15.1. The number of methoxy groups -OCH3 is 4. The van der Waals surface area contributed by atoms with Gasteiger partial charge in [-0.3, -0.25) is 14.4 Å². The van der Waals surface area contributed by atoms with Crippen molar-refractivity contribution in [1.82, 2.24) is 4.90 Å². The molecule has 0 bridgehead atoms. The van der Waals surface area contributed by atoms with E-state index in [2.05, 4.69) is 0 Å². The zero-order valence-corrected chi connectivity index (χ0v) is 19.9. The lowest BCUT2D eigenvalue weighted by atomic mass is 10.1. The molecule has 1 aliphatic heterocycles. The molecular formula is C25H30N2O7. The van der Waals surface area contributed by atoms with E-state index in [9.17, 15) is 14.4 Å². The molecule has 1 unspecified atom stereocenters. The second-order valence-electron chi connectivity index (χ2n) is 7.86. The van der Waals surface area contributed by atoms with Gasteiger partial charge in [-0.15, -0.1) is 0 Å². The van der Waals surface area contributed by atoms with E-state index in [1.165, 1.54) is 28.4 Å². The largest absolute Gasteiger partial charge is 0.493 e. The van der Waals surface area contributed by atoms with E-state index < -0.39 is 11.9 Å². The number of anilines is 1. The highest BCUT2D eigenvalue weighted by molar-refractivity contribution is 6.00. The Hall–Kier alpha value is -3.75. The minimum absolute atomic E-state index is 0.0685. The van der Waals surface area contributed by atoms with Gasteiger partial charge in [-0.2, -0.15) is 0 Å². The third kappa shape index (κ3) is 5.59. The van der Waals surface area contributed by atoms with Crippen LogP contribution in [0.2, 0.25) is 0 Å². The zero-order chi connectivity index (χ0) is 24.7. The Bertz CT molecular complexity index is 1000. The van der Waals surface area contributed by atoms with Crippen molar-refractivity contribution in [2.75, 3.05) is 46.4 Å². The van der Waals surface area contributed by atoms with Gasteiger partial charge >= 0.3 is 5.97 Å². The predicted molar refractivity (Wildman–Crippen MR) is 125 cm³/mol. The van der Waals surface area contributed by atoms with Crippen molar-refractivity contribution in [3.63, 3.8) is 0 Å². The van der Waals surface area contributed by atoms with Crippen LogP contribution < -0.4 is 19.1 Å². The number of carbonyl (C=O) groups excluding carboxylic acids is 3. The van der Waals surface area contributed by atoms with Crippen LogP contribution in [0.4, 0.5) is 5.69 Å². The molecule has 34 heavy (non-hydrogen) atoms. The molecule has 1 heterocycles. The maximum Gasteiger partial charge on any atom is 0.307 e. The zero-order valence-electron chi connectivity index (χ0n) is 19.9. The van der Waals surface area contributed by atoms with Crippen LogP contribution >= 0.6 is 0 Å². The first-order chi connectivity index (χ1) is 16.4. The summed E-state index contributed by atoms with van der Waals surface area (Å²) in [5.74, 6) is -0.0482. The first kappa shape index (κ1) is 24.9. The second-order valence-corrected chi connectivity index (χ2v) is 7.86. The van der Waals surface area contributed by atoms with Crippen LogP contribution in [0.25, 0.3) is 0 Å². The molecule has 0 spiro atoms. The van der Waals surface area contributed by atoms with Crippen LogP contribution in [0.3, 0.4) is 0 Å². The van der Waals surface area contributed by atoms with Gasteiger partial charge in [0, 0.05) is 38.2 Å². The summed E-state index contributed by atoms with van der Waals surface area (Å²) in [5, 5.41) is 0. The van der Waals surface area contributed by atoms with Crippen LogP contribution in [0, 0.1) is 5.92 Å². The van der Waals surface area contributed by atoms with Gasteiger partial charge in [0.1, 0.15) is 0 Å². The Morgan fingerprint density at radius 1 is 1.00 bits per heavy atom. The summed E-state index contributed by atoms with van der Waals surface area (Å²) in [6.07, 6.45) is 0.144. The van der Waals surface area contributed by atoms with Crippen LogP contribution in [-0.4, -0.2) is 64.2 Å². The number of amides is 2. The summed E-state index contributed by atoms with van der Waals surface area (Å²) in [6, 6.07) is 12.9. The summed E-state index contributed by atoms with van der Waals surface area (Å²) in [7, 11) is 5.83. The number of hydrogen-bond acceptors (Lipinski definition) is 7. The van der Waals surface area contributed by atoms with E-state index in [1.807, 2.05) is 30.3 Å². The number of benzene rings is 2. The maximum atomic E-state index is 13.4. The van der Waals surface area contributed by atoms with Gasteiger partial charge in [-0.05, 0) is 5.56 Å². The van der Waals surface area contributed by atoms with E-state index in [0.717, 1.165) is 5.56 Å². The van der Waals surface area contributed by atoms with Crippen molar-refractivity contribution in [1.29, 1.82) is 0 Å². The van der Waals surface area contributed by atoms with Crippen LogP contribution in [0.5, 0.6) is 17.2 Å². The van der Waals surface area contributed by atoms with E-state index in [0.29, 0.717) is 29.5 Å².